The first-order valence-electron chi connectivity index (χ1n) is 8.38. The first-order valence-corrected chi connectivity index (χ1v) is 10.0. The van der Waals surface area contributed by atoms with Crippen LogP contribution in [0.2, 0.25) is 0 Å². The van der Waals surface area contributed by atoms with Crippen LogP contribution < -0.4 is 15.4 Å². The van der Waals surface area contributed by atoms with E-state index < -0.39 is 15.9 Å². The normalized spacial score (nSPS) is 12.2. The van der Waals surface area contributed by atoms with Gasteiger partial charge in [-0.25, -0.2) is 13.2 Å². The number of aryl methyl sites for hydroxylation is 1. The molecule has 0 radical (unpaired) electrons. The maximum Gasteiger partial charge on any atom is 0.315 e. The number of hydrogen-bond acceptors (Lipinski definition) is 4. The van der Waals surface area contributed by atoms with Gasteiger partial charge in [0.05, 0.1) is 16.7 Å². The molecule has 6 nitrogen and oxygen atoms in total. The van der Waals surface area contributed by atoms with Gasteiger partial charge in [-0.1, -0.05) is 30.3 Å². The predicted octanol–water partition coefficient (Wildman–Crippen LogP) is 2.54. The molecule has 2 aromatic carbocycles. The number of carbonyl (C=O) groups is 1. The van der Waals surface area contributed by atoms with Crippen molar-refractivity contribution >= 4 is 15.9 Å². The minimum absolute atomic E-state index is 0.0362. The third-order valence-electron chi connectivity index (χ3n) is 3.63. The largest absolute Gasteiger partial charge is 0.491 e. The Morgan fingerprint density at radius 1 is 1.12 bits per heavy atom. The second-order valence-corrected chi connectivity index (χ2v) is 8.17. The van der Waals surface area contributed by atoms with E-state index in [1.54, 1.807) is 30.3 Å². The maximum absolute atomic E-state index is 12.1. The molecule has 1 atom stereocenters. The Morgan fingerprint density at radius 2 is 1.85 bits per heavy atom. The number of ether oxygens (including phenoxy) is 1. The van der Waals surface area contributed by atoms with E-state index in [0.29, 0.717) is 6.61 Å². The second kappa shape index (κ2) is 9.24. The fourth-order valence-corrected chi connectivity index (χ4v) is 3.47. The van der Waals surface area contributed by atoms with E-state index >= 15 is 0 Å². The van der Waals surface area contributed by atoms with Crippen molar-refractivity contribution in [2.45, 2.75) is 24.8 Å². The molecule has 0 heterocycles. The second-order valence-electron chi connectivity index (χ2n) is 6.06. The van der Waals surface area contributed by atoms with Crippen molar-refractivity contribution in [3.8, 4) is 5.75 Å². The highest BCUT2D eigenvalue weighted by Gasteiger charge is 2.14. The first kappa shape index (κ1) is 19.8. The lowest BCUT2D eigenvalue weighted by Crippen LogP contribution is -2.44. The molecule has 0 bridgehead atoms. The predicted molar refractivity (Wildman–Crippen MR) is 101 cm³/mol. The number of hydrogen-bond donors (Lipinski definition) is 2. The van der Waals surface area contributed by atoms with Crippen LogP contribution in [-0.4, -0.2) is 39.4 Å². The van der Waals surface area contributed by atoms with Crippen molar-refractivity contribution in [1.29, 1.82) is 0 Å². The van der Waals surface area contributed by atoms with E-state index in [-0.39, 0.29) is 23.2 Å². The lowest BCUT2D eigenvalue weighted by atomic mass is 10.2. The minimum atomic E-state index is -3.40. The smallest absolute Gasteiger partial charge is 0.315 e. The number of nitrogens with one attached hydrogen (secondary N) is 2. The molecule has 0 aliphatic rings. The highest BCUT2D eigenvalue weighted by atomic mass is 32.2. The third-order valence-corrected chi connectivity index (χ3v) is 5.36. The summed E-state index contributed by atoms with van der Waals surface area (Å²) in [5.41, 5.74) is 1.10. The molecule has 140 valence electrons. The number of sulfone groups is 1. The number of benzene rings is 2. The summed E-state index contributed by atoms with van der Waals surface area (Å²) in [7, 11) is -3.40. The van der Waals surface area contributed by atoms with Gasteiger partial charge in [0.2, 0.25) is 0 Å². The lowest BCUT2D eigenvalue weighted by molar-refractivity contribution is 0.227. The molecule has 2 rings (SSSR count). The Morgan fingerprint density at radius 3 is 2.54 bits per heavy atom. The van der Waals surface area contributed by atoms with Gasteiger partial charge < -0.3 is 15.4 Å². The fraction of sp³-hybridized carbons (Fsp3) is 0.316. The van der Waals surface area contributed by atoms with Gasteiger partial charge in [-0.3, -0.25) is 0 Å². The average Bonchev–Trinajstić information content (AvgIpc) is 2.60. The van der Waals surface area contributed by atoms with Crippen molar-refractivity contribution < 1.29 is 17.9 Å². The van der Waals surface area contributed by atoms with E-state index in [1.807, 2.05) is 38.1 Å². The van der Waals surface area contributed by atoms with Crippen molar-refractivity contribution in [2.75, 3.05) is 18.9 Å². The van der Waals surface area contributed by atoms with Crippen LogP contribution in [0.25, 0.3) is 0 Å². The first-order chi connectivity index (χ1) is 12.4. The molecule has 2 amide bonds. The summed E-state index contributed by atoms with van der Waals surface area (Å²) >= 11 is 0. The zero-order chi connectivity index (χ0) is 19.0. The van der Waals surface area contributed by atoms with Crippen molar-refractivity contribution in [3.05, 3.63) is 60.2 Å². The summed E-state index contributed by atoms with van der Waals surface area (Å²) < 4.78 is 29.9. The van der Waals surface area contributed by atoms with Gasteiger partial charge in [0.15, 0.2) is 9.84 Å². The van der Waals surface area contributed by atoms with Crippen molar-refractivity contribution in [2.24, 2.45) is 0 Å². The van der Waals surface area contributed by atoms with E-state index in [1.165, 1.54) is 0 Å². The van der Waals surface area contributed by atoms with Gasteiger partial charge >= 0.3 is 6.03 Å². The topological polar surface area (TPSA) is 84.5 Å². The molecule has 2 N–H and O–H groups in total. The average molecular weight is 376 g/mol. The van der Waals surface area contributed by atoms with Crippen molar-refractivity contribution in [3.63, 3.8) is 0 Å². The van der Waals surface area contributed by atoms with Crippen LogP contribution in [0.5, 0.6) is 5.75 Å². The van der Waals surface area contributed by atoms with Crippen LogP contribution in [0.15, 0.2) is 59.5 Å². The Labute approximate surface area is 154 Å². The molecule has 0 aliphatic heterocycles. The highest BCUT2D eigenvalue weighted by molar-refractivity contribution is 7.91. The standard InChI is InChI=1S/C19H24N2O4S/c1-15-7-6-8-17(13-15)25-14-16(2)21-19(22)20-11-12-26(23,24)18-9-4-3-5-10-18/h3-10,13,16H,11-12,14H2,1-2H3,(H2,20,21,22). The van der Waals surface area contributed by atoms with E-state index in [4.69, 9.17) is 4.74 Å². The molecule has 1 unspecified atom stereocenters. The minimum Gasteiger partial charge on any atom is -0.491 e. The van der Waals surface area contributed by atoms with Gasteiger partial charge in [-0.2, -0.15) is 0 Å². The summed E-state index contributed by atoms with van der Waals surface area (Å²) in [5.74, 6) is 0.589. The summed E-state index contributed by atoms with van der Waals surface area (Å²) in [4.78, 5) is 12.1. The molecule has 0 fully saturated rings. The van der Waals surface area contributed by atoms with Crippen LogP contribution in [-0.2, 0) is 9.84 Å². The van der Waals surface area contributed by atoms with Crippen LogP contribution in [0.4, 0.5) is 4.79 Å². The lowest BCUT2D eigenvalue weighted by Gasteiger charge is -2.16. The molecule has 7 heteroatoms. The Kier molecular flexibility index (Phi) is 7.03. The Hall–Kier alpha value is -2.54. The van der Waals surface area contributed by atoms with Crippen molar-refractivity contribution in [1.82, 2.24) is 10.6 Å². The van der Waals surface area contributed by atoms with Crippen LogP contribution in [0.1, 0.15) is 12.5 Å². The summed E-state index contributed by atoms with van der Waals surface area (Å²) in [5, 5.41) is 5.28. The van der Waals surface area contributed by atoms with Crippen LogP contribution >= 0.6 is 0 Å². The van der Waals surface area contributed by atoms with Crippen LogP contribution in [0.3, 0.4) is 0 Å². The summed E-state index contributed by atoms with van der Waals surface area (Å²) in [6, 6.07) is 15.2. The van der Waals surface area contributed by atoms with E-state index in [2.05, 4.69) is 10.6 Å². The van der Waals surface area contributed by atoms with Crippen LogP contribution in [0, 0.1) is 6.92 Å². The maximum atomic E-state index is 12.1. The molecule has 2 aromatic rings. The van der Waals surface area contributed by atoms with Gasteiger partial charge in [-0.05, 0) is 43.7 Å². The summed E-state index contributed by atoms with van der Waals surface area (Å²) in [6.45, 7) is 4.15. The molecule has 0 saturated heterocycles. The van der Waals surface area contributed by atoms with E-state index in [0.717, 1.165) is 11.3 Å². The molecule has 26 heavy (non-hydrogen) atoms. The van der Waals surface area contributed by atoms with Gasteiger partial charge in [0.25, 0.3) is 0 Å². The number of amides is 2. The molecule has 0 spiro atoms. The molecular weight excluding hydrogens is 352 g/mol. The van der Waals surface area contributed by atoms with E-state index in [9.17, 15) is 13.2 Å². The molecule has 0 aliphatic carbocycles. The third kappa shape index (κ3) is 6.40. The van der Waals surface area contributed by atoms with Gasteiger partial charge in [0.1, 0.15) is 12.4 Å². The molecular formula is C19H24N2O4S. The quantitative estimate of drug-likeness (QED) is 0.741. The summed E-state index contributed by atoms with van der Waals surface area (Å²) in [6.07, 6.45) is 0. The molecule has 0 saturated carbocycles. The Bertz CT molecular complexity index is 822. The SMILES string of the molecule is Cc1cccc(OCC(C)NC(=O)NCCS(=O)(=O)c2ccccc2)c1. The highest BCUT2D eigenvalue weighted by Crippen LogP contribution is 2.12. The fourth-order valence-electron chi connectivity index (χ4n) is 2.29. The monoisotopic (exact) mass is 376 g/mol. The van der Waals surface area contributed by atoms with Gasteiger partial charge in [-0.15, -0.1) is 0 Å². The molecule has 0 aromatic heterocycles. The van der Waals surface area contributed by atoms with Gasteiger partial charge in [0, 0.05) is 6.54 Å². The number of urea groups is 1. The number of carbonyl (C=O) groups excluding carboxylic acids is 1. The number of rotatable bonds is 8. The zero-order valence-corrected chi connectivity index (χ0v) is 15.8. The Balaban J connectivity index is 1.71. The zero-order valence-electron chi connectivity index (χ0n) is 14.9.